The third-order valence-corrected chi connectivity index (χ3v) is 6.33. The van der Waals surface area contributed by atoms with E-state index in [-0.39, 0.29) is 24.2 Å². The van der Waals surface area contributed by atoms with Gasteiger partial charge in [-0.2, -0.15) is 0 Å². The van der Waals surface area contributed by atoms with Crippen molar-refractivity contribution < 1.29 is 24.0 Å². The number of aryl methyl sites for hydroxylation is 2. The zero-order valence-electron chi connectivity index (χ0n) is 18.7. The summed E-state index contributed by atoms with van der Waals surface area (Å²) in [4.78, 5) is 25.4. The number of nitrogens with one attached hydrogen (secondary N) is 1. The first-order valence-corrected chi connectivity index (χ1v) is 11.4. The van der Waals surface area contributed by atoms with Gasteiger partial charge in [0.25, 0.3) is 0 Å². The van der Waals surface area contributed by atoms with Crippen LogP contribution in [0.25, 0.3) is 11.1 Å². The number of anilines is 1. The van der Waals surface area contributed by atoms with Crippen molar-refractivity contribution >= 4 is 17.6 Å². The SMILES string of the molecule is Cc1noc(C)c1-c1cc(NC(=O)C2CC2)ccc1OCCN1CCC(CC(=O)O)CC1. The second-order valence-corrected chi connectivity index (χ2v) is 8.90. The fraction of sp³-hybridized carbons (Fsp3) is 0.542. The standard InChI is InChI=1S/C24H31N3O5/c1-15-23(16(2)32-26-15)20-14-19(25-24(30)18-3-4-18)5-6-21(20)31-12-11-27-9-7-17(8-10-27)13-22(28)29/h5-6,14,17-18H,3-4,7-13H2,1-2H3,(H,25,30)(H,28,29). The Kier molecular flexibility index (Phi) is 6.79. The molecule has 2 N–H and O–H groups in total. The summed E-state index contributed by atoms with van der Waals surface area (Å²) in [5, 5.41) is 16.1. The number of hydrogen-bond acceptors (Lipinski definition) is 6. The number of amides is 1. The molecule has 1 saturated carbocycles. The van der Waals surface area contributed by atoms with Gasteiger partial charge in [0.2, 0.25) is 5.91 Å². The van der Waals surface area contributed by atoms with E-state index in [2.05, 4.69) is 15.4 Å². The molecule has 1 aliphatic heterocycles. The topological polar surface area (TPSA) is 105 Å². The van der Waals surface area contributed by atoms with Crippen molar-refractivity contribution in [2.75, 3.05) is 31.6 Å². The van der Waals surface area contributed by atoms with Crippen LogP contribution in [0.2, 0.25) is 0 Å². The number of aromatic nitrogens is 1. The monoisotopic (exact) mass is 441 g/mol. The number of likely N-dealkylation sites (tertiary alicyclic amines) is 1. The highest BCUT2D eigenvalue weighted by Gasteiger charge is 2.30. The molecule has 8 nitrogen and oxygen atoms in total. The number of benzene rings is 1. The summed E-state index contributed by atoms with van der Waals surface area (Å²) < 4.78 is 11.5. The third kappa shape index (κ3) is 5.48. The van der Waals surface area contributed by atoms with Crippen LogP contribution >= 0.6 is 0 Å². The zero-order chi connectivity index (χ0) is 22.7. The highest BCUT2D eigenvalue weighted by Crippen LogP contribution is 2.37. The number of rotatable bonds is 9. The van der Waals surface area contributed by atoms with E-state index in [1.165, 1.54) is 0 Å². The molecule has 0 spiro atoms. The van der Waals surface area contributed by atoms with Crippen LogP contribution in [-0.2, 0) is 9.59 Å². The van der Waals surface area contributed by atoms with E-state index in [9.17, 15) is 9.59 Å². The van der Waals surface area contributed by atoms with Gasteiger partial charge in [-0.1, -0.05) is 5.16 Å². The fourth-order valence-electron chi connectivity index (χ4n) is 4.33. The summed E-state index contributed by atoms with van der Waals surface area (Å²) in [6.07, 6.45) is 3.99. The van der Waals surface area contributed by atoms with Gasteiger partial charge in [0.15, 0.2) is 0 Å². The summed E-state index contributed by atoms with van der Waals surface area (Å²) in [5.74, 6) is 1.19. The van der Waals surface area contributed by atoms with Crippen LogP contribution in [0.5, 0.6) is 5.75 Å². The highest BCUT2D eigenvalue weighted by molar-refractivity contribution is 5.95. The molecule has 2 aromatic rings. The Balaban J connectivity index is 1.41. The van der Waals surface area contributed by atoms with Gasteiger partial charge in [0, 0.05) is 30.1 Å². The normalized spacial score (nSPS) is 17.3. The van der Waals surface area contributed by atoms with Gasteiger partial charge in [0.1, 0.15) is 18.1 Å². The Labute approximate surface area is 187 Å². The van der Waals surface area contributed by atoms with E-state index >= 15 is 0 Å². The van der Waals surface area contributed by atoms with E-state index in [1.54, 1.807) is 0 Å². The van der Waals surface area contributed by atoms with Crippen molar-refractivity contribution in [3.63, 3.8) is 0 Å². The number of carbonyl (C=O) groups is 2. The van der Waals surface area contributed by atoms with Crippen molar-refractivity contribution in [2.24, 2.45) is 11.8 Å². The lowest BCUT2D eigenvalue weighted by molar-refractivity contribution is -0.138. The summed E-state index contributed by atoms with van der Waals surface area (Å²) >= 11 is 0. The summed E-state index contributed by atoms with van der Waals surface area (Å²) in [6, 6.07) is 5.69. The molecule has 2 fully saturated rings. The number of ether oxygens (including phenoxy) is 1. The molecule has 0 bridgehead atoms. The molecular weight excluding hydrogens is 410 g/mol. The van der Waals surface area contributed by atoms with E-state index in [4.69, 9.17) is 14.4 Å². The molecule has 1 amide bonds. The molecule has 0 radical (unpaired) electrons. The number of carboxylic acid groups (broad SMARTS) is 1. The van der Waals surface area contributed by atoms with Crippen molar-refractivity contribution in [1.29, 1.82) is 0 Å². The quantitative estimate of drug-likeness (QED) is 0.608. The van der Waals surface area contributed by atoms with Gasteiger partial charge in [-0.05, 0) is 76.7 Å². The lowest BCUT2D eigenvalue weighted by atomic mass is 9.94. The Morgan fingerprint density at radius 3 is 2.59 bits per heavy atom. The summed E-state index contributed by atoms with van der Waals surface area (Å²) in [7, 11) is 0. The Bertz CT molecular complexity index is 955. The number of nitrogens with zero attached hydrogens (tertiary/aromatic N) is 2. The van der Waals surface area contributed by atoms with Gasteiger partial charge in [0.05, 0.1) is 11.3 Å². The number of carbonyl (C=O) groups excluding carboxylic acids is 1. The van der Waals surface area contributed by atoms with E-state index in [0.29, 0.717) is 12.4 Å². The maximum atomic E-state index is 12.2. The predicted molar refractivity (Wildman–Crippen MR) is 120 cm³/mol. The minimum atomic E-state index is -0.713. The maximum absolute atomic E-state index is 12.2. The first-order valence-electron chi connectivity index (χ1n) is 11.4. The largest absolute Gasteiger partial charge is 0.492 e. The number of carboxylic acids is 1. The van der Waals surface area contributed by atoms with Crippen molar-refractivity contribution in [3.05, 3.63) is 29.7 Å². The molecule has 1 aromatic carbocycles. The van der Waals surface area contributed by atoms with Crippen LogP contribution in [0.1, 0.15) is 43.6 Å². The van der Waals surface area contributed by atoms with Crippen molar-refractivity contribution in [2.45, 2.75) is 46.0 Å². The average Bonchev–Trinajstić information content (AvgIpc) is 3.55. The van der Waals surface area contributed by atoms with Crippen LogP contribution < -0.4 is 10.1 Å². The number of piperidine rings is 1. The molecule has 0 atom stereocenters. The van der Waals surface area contributed by atoms with E-state index < -0.39 is 5.97 Å². The maximum Gasteiger partial charge on any atom is 0.303 e. The number of hydrogen-bond donors (Lipinski definition) is 2. The minimum Gasteiger partial charge on any atom is -0.492 e. The molecule has 2 heterocycles. The Hall–Kier alpha value is -2.87. The molecule has 32 heavy (non-hydrogen) atoms. The summed E-state index contributed by atoms with van der Waals surface area (Å²) in [5.41, 5.74) is 3.26. The van der Waals surface area contributed by atoms with Crippen LogP contribution in [0, 0.1) is 25.7 Å². The molecule has 1 aromatic heterocycles. The van der Waals surface area contributed by atoms with E-state index in [0.717, 1.165) is 73.6 Å². The van der Waals surface area contributed by atoms with Crippen LogP contribution in [0.4, 0.5) is 5.69 Å². The molecule has 1 saturated heterocycles. The molecule has 2 aliphatic rings. The smallest absolute Gasteiger partial charge is 0.303 e. The lowest BCUT2D eigenvalue weighted by Gasteiger charge is -2.31. The first-order chi connectivity index (χ1) is 15.4. The van der Waals surface area contributed by atoms with Gasteiger partial charge >= 0.3 is 5.97 Å². The Morgan fingerprint density at radius 1 is 1.22 bits per heavy atom. The molecular formula is C24H31N3O5. The van der Waals surface area contributed by atoms with Crippen LogP contribution in [0.3, 0.4) is 0 Å². The first kappa shape index (κ1) is 22.3. The molecule has 1 aliphatic carbocycles. The molecule has 4 rings (SSSR count). The third-order valence-electron chi connectivity index (χ3n) is 6.33. The minimum absolute atomic E-state index is 0.0645. The summed E-state index contributed by atoms with van der Waals surface area (Å²) in [6.45, 7) is 6.85. The van der Waals surface area contributed by atoms with Crippen LogP contribution in [0.15, 0.2) is 22.7 Å². The van der Waals surface area contributed by atoms with Crippen molar-refractivity contribution in [1.82, 2.24) is 10.1 Å². The van der Waals surface area contributed by atoms with Gasteiger partial charge in [-0.15, -0.1) is 0 Å². The van der Waals surface area contributed by atoms with Gasteiger partial charge in [-0.25, -0.2) is 0 Å². The van der Waals surface area contributed by atoms with Crippen LogP contribution in [-0.4, -0.2) is 53.3 Å². The molecule has 8 heteroatoms. The fourth-order valence-corrected chi connectivity index (χ4v) is 4.33. The second-order valence-electron chi connectivity index (χ2n) is 8.90. The molecule has 172 valence electrons. The molecule has 0 unspecified atom stereocenters. The van der Waals surface area contributed by atoms with Crippen molar-refractivity contribution in [3.8, 4) is 16.9 Å². The van der Waals surface area contributed by atoms with Gasteiger partial charge in [-0.3, -0.25) is 14.5 Å². The highest BCUT2D eigenvalue weighted by atomic mass is 16.5. The second kappa shape index (κ2) is 9.73. The Morgan fingerprint density at radius 2 is 1.97 bits per heavy atom. The van der Waals surface area contributed by atoms with E-state index in [1.807, 2.05) is 32.0 Å². The predicted octanol–water partition coefficient (Wildman–Crippen LogP) is 3.87. The van der Waals surface area contributed by atoms with Gasteiger partial charge < -0.3 is 19.7 Å². The zero-order valence-corrected chi connectivity index (χ0v) is 18.7. The lowest BCUT2D eigenvalue weighted by Crippen LogP contribution is -2.37. The number of aliphatic carboxylic acids is 1. The average molecular weight is 442 g/mol.